The third-order valence-corrected chi connectivity index (χ3v) is 3.69. The van der Waals surface area contributed by atoms with Crippen molar-refractivity contribution in [2.45, 2.75) is 31.8 Å². The Morgan fingerprint density at radius 1 is 1.37 bits per heavy atom. The molecule has 0 bridgehead atoms. The van der Waals surface area contributed by atoms with Crippen molar-refractivity contribution < 1.29 is 9.90 Å². The minimum Gasteiger partial charge on any atom is -0.506 e. The SMILES string of the molecule is O=C1NCCCC[C@@H]1NCc1cc(Cl)cc(Cl)c1O. The lowest BCUT2D eigenvalue weighted by molar-refractivity contribution is -0.122. The number of halogens is 2. The van der Waals surface area contributed by atoms with E-state index in [1.54, 1.807) is 6.07 Å². The van der Waals surface area contributed by atoms with Gasteiger partial charge in [-0.25, -0.2) is 0 Å². The van der Waals surface area contributed by atoms with Gasteiger partial charge in [0.05, 0.1) is 11.1 Å². The van der Waals surface area contributed by atoms with Crippen molar-refractivity contribution in [3.05, 3.63) is 27.7 Å². The molecule has 1 saturated heterocycles. The first-order valence-electron chi connectivity index (χ1n) is 6.26. The molecule has 1 atom stereocenters. The zero-order chi connectivity index (χ0) is 13.8. The maximum absolute atomic E-state index is 11.8. The molecular weight excluding hydrogens is 287 g/mol. The first-order chi connectivity index (χ1) is 9.08. The van der Waals surface area contributed by atoms with Crippen molar-refractivity contribution in [1.82, 2.24) is 10.6 Å². The summed E-state index contributed by atoms with van der Waals surface area (Å²) >= 11 is 11.7. The summed E-state index contributed by atoms with van der Waals surface area (Å²) in [5, 5.41) is 16.5. The predicted octanol–water partition coefficient (Wildman–Crippen LogP) is 2.46. The summed E-state index contributed by atoms with van der Waals surface area (Å²) in [6.45, 7) is 1.08. The van der Waals surface area contributed by atoms with Crippen LogP contribution in [0.1, 0.15) is 24.8 Å². The van der Waals surface area contributed by atoms with Crippen molar-refractivity contribution in [2.75, 3.05) is 6.54 Å². The number of carbonyl (C=O) groups excluding carboxylic acids is 1. The van der Waals surface area contributed by atoms with Gasteiger partial charge in [-0.2, -0.15) is 0 Å². The Hall–Kier alpha value is -0.970. The van der Waals surface area contributed by atoms with E-state index in [4.69, 9.17) is 23.2 Å². The number of rotatable bonds is 3. The number of benzene rings is 1. The lowest BCUT2D eigenvalue weighted by Crippen LogP contribution is -2.42. The molecule has 1 heterocycles. The van der Waals surface area contributed by atoms with Gasteiger partial charge in [0.2, 0.25) is 5.91 Å². The third kappa shape index (κ3) is 3.75. The molecule has 1 aliphatic heterocycles. The van der Waals surface area contributed by atoms with Crippen LogP contribution in [0.2, 0.25) is 10.0 Å². The lowest BCUT2D eigenvalue weighted by atomic mass is 10.1. The molecule has 1 aromatic carbocycles. The highest BCUT2D eigenvalue weighted by Crippen LogP contribution is 2.31. The van der Waals surface area contributed by atoms with Gasteiger partial charge in [-0.15, -0.1) is 0 Å². The molecule has 0 aromatic heterocycles. The number of hydrogen-bond acceptors (Lipinski definition) is 3. The van der Waals surface area contributed by atoms with Gasteiger partial charge in [0.15, 0.2) is 0 Å². The van der Waals surface area contributed by atoms with Gasteiger partial charge in [-0.3, -0.25) is 4.79 Å². The van der Waals surface area contributed by atoms with Gasteiger partial charge in [0.25, 0.3) is 0 Å². The lowest BCUT2D eigenvalue weighted by Gasteiger charge is -2.16. The monoisotopic (exact) mass is 302 g/mol. The van der Waals surface area contributed by atoms with Gasteiger partial charge in [-0.05, 0) is 31.4 Å². The number of amides is 1. The molecule has 3 N–H and O–H groups in total. The average Bonchev–Trinajstić information content (AvgIpc) is 2.57. The van der Waals surface area contributed by atoms with Crippen LogP contribution < -0.4 is 10.6 Å². The molecule has 1 aromatic rings. The molecule has 1 amide bonds. The van der Waals surface area contributed by atoms with Crippen molar-refractivity contribution in [3.63, 3.8) is 0 Å². The van der Waals surface area contributed by atoms with E-state index < -0.39 is 0 Å². The summed E-state index contributed by atoms with van der Waals surface area (Å²) in [5.74, 6) is 0.0118. The Labute approximate surface area is 122 Å². The van der Waals surface area contributed by atoms with E-state index in [-0.39, 0.29) is 22.7 Å². The molecule has 0 unspecified atom stereocenters. The van der Waals surface area contributed by atoms with Crippen LogP contribution >= 0.6 is 23.2 Å². The van der Waals surface area contributed by atoms with E-state index in [1.807, 2.05) is 0 Å². The Morgan fingerprint density at radius 2 is 2.16 bits per heavy atom. The van der Waals surface area contributed by atoms with Gasteiger partial charge < -0.3 is 15.7 Å². The topological polar surface area (TPSA) is 61.4 Å². The van der Waals surface area contributed by atoms with E-state index in [0.717, 1.165) is 25.8 Å². The van der Waals surface area contributed by atoms with Crippen molar-refractivity contribution in [3.8, 4) is 5.75 Å². The van der Waals surface area contributed by atoms with E-state index >= 15 is 0 Å². The van der Waals surface area contributed by atoms with Crippen LogP contribution in [0.25, 0.3) is 0 Å². The maximum atomic E-state index is 11.8. The van der Waals surface area contributed by atoms with Crippen LogP contribution in [0.3, 0.4) is 0 Å². The fourth-order valence-corrected chi connectivity index (χ4v) is 2.66. The molecule has 104 valence electrons. The highest BCUT2D eigenvalue weighted by atomic mass is 35.5. The van der Waals surface area contributed by atoms with Crippen molar-refractivity contribution in [1.29, 1.82) is 0 Å². The number of hydrogen-bond donors (Lipinski definition) is 3. The third-order valence-electron chi connectivity index (χ3n) is 3.18. The van der Waals surface area contributed by atoms with Crippen LogP contribution in [0, 0.1) is 0 Å². The molecule has 19 heavy (non-hydrogen) atoms. The minimum atomic E-state index is -0.236. The smallest absolute Gasteiger partial charge is 0.237 e. The molecule has 0 radical (unpaired) electrons. The zero-order valence-electron chi connectivity index (χ0n) is 10.4. The second-order valence-electron chi connectivity index (χ2n) is 4.62. The van der Waals surface area contributed by atoms with Crippen LogP contribution in [-0.4, -0.2) is 23.6 Å². The summed E-state index contributed by atoms with van der Waals surface area (Å²) in [6, 6.07) is 2.89. The molecule has 2 rings (SSSR count). The summed E-state index contributed by atoms with van der Waals surface area (Å²) in [4.78, 5) is 11.8. The fourth-order valence-electron chi connectivity index (χ4n) is 2.12. The highest BCUT2D eigenvalue weighted by Gasteiger charge is 2.20. The highest BCUT2D eigenvalue weighted by molar-refractivity contribution is 6.35. The molecule has 1 fully saturated rings. The summed E-state index contributed by atoms with van der Waals surface area (Å²) < 4.78 is 0. The fraction of sp³-hybridized carbons (Fsp3) is 0.462. The molecular formula is C13H16Cl2N2O2. The number of phenolic OH excluding ortho intramolecular Hbond substituents is 1. The Morgan fingerprint density at radius 3 is 2.95 bits per heavy atom. The number of nitrogens with one attached hydrogen (secondary N) is 2. The summed E-state index contributed by atoms with van der Waals surface area (Å²) in [7, 11) is 0. The van der Waals surface area contributed by atoms with E-state index in [0.29, 0.717) is 17.1 Å². The Bertz CT molecular complexity index is 480. The summed E-state index contributed by atoms with van der Waals surface area (Å²) in [6.07, 6.45) is 2.79. The van der Waals surface area contributed by atoms with E-state index in [9.17, 15) is 9.90 Å². The quantitative estimate of drug-likeness (QED) is 0.804. The largest absolute Gasteiger partial charge is 0.506 e. The molecule has 0 aliphatic carbocycles. The van der Waals surface area contributed by atoms with E-state index in [2.05, 4.69) is 10.6 Å². The molecule has 1 aliphatic rings. The predicted molar refractivity (Wildman–Crippen MR) is 75.6 cm³/mol. The Kier molecular flexibility index (Phi) is 4.91. The molecule has 6 heteroatoms. The second kappa shape index (κ2) is 6.46. The van der Waals surface area contributed by atoms with Crippen LogP contribution in [0.5, 0.6) is 5.75 Å². The average molecular weight is 303 g/mol. The van der Waals surface area contributed by atoms with Crippen LogP contribution in [0.4, 0.5) is 0 Å². The zero-order valence-corrected chi connectivity index (χ0v) is 11.9. The van der Waals surface area contributed by atoms with Crippen molar-refractivity contribution >= 4 is 29.1 Å². The van der Waals surface area contributed by atoms with Gasteiger partial charge in [-0.1, -0.05) is 23.2 Å². The number of carbonyl (C=O) groups is 1. The first-order valence-corrected chi connectivity index (χ1v) is 7.01. The molecule has 4 nitrogen and oxygen atoms in total. The summed E-state index contributed by atoms with van der Waals surface area (Å²) in [5.41, 5.74) is 0.592. The second-order valence-corrected chi connectivity index (χ2v) is 5.46. The van der Waals surface area contributed by atoms with Gasteiger partial charge in [0, 0.05) is 23.7 Å². The number of phenols is 1. The normalized spacial score (nSPS) is 19.9. The molecule has 0 saturated carbocycles. The molecule has 0 spiro atoms. The standard InChI is InChI=1S/C13H16Cl2N2O2/c14-9-5-8(12(18)10(15)6-9)7-17-11-3-1-2-4-16-13(11)19/h5-6,11,17-18H,1-4,7H2,(H,16,19)/t11-/m0/s1. The first kappa shape index (κ1) is 14.4. The number of aromatic hydroxyl groups is 1. The van der Waals surface area contributed by atoms with Crippen molar-refractivity contribution in [2.24, 2.45) is 0 Å². The van der Waals surface area contributed by atoms with Gasteiger partial charge >= 0.3 is 0 Å². The maximum Gasteiger partial charge on any atom is 0.237 e. The van der Waals surface area contributed by atoms with E-state index in [1.165, 1.54) is 6.07 Å². The van der Waals surface area contributed by atoms with Gasteiger partial charge in [0.1, 0.15) is 5.75 Å². The van der Waals surface area contributed by atoms with Crippen LogP contribution in [-0.2, 0) is 11.3 Å². The van der Waals surface area contributed by atoms with Crippen LogP contribution in [0.15, 0.2) is 12.1 Å². The Balaban J connectivity index is 2.03. The minimum absolute atomic E-state index is 0.00474.